The van der Waals surface area contributed by atoms with Gasteiger partial charge in [0.2, 0.25) is 5.91 Å². The van der Waals surface area contributed by atoms with Gasteiger partial charge in [-0.3, -0.25) is 4.79 Å². The van der Waals surface area contributed by atoms with Crippen LogP contribution >= 0.6 is 0 Å². The number of rotatable bonds is 4. The van der Waals surface area contributed by atoms with Crippen molar-refractivity contribution in [1.29, 1.82) is 0 Å². The van der Waals surface area contributed by atoms with Gasteiger partial charge in [-0.25, -0.2) is 4.79 Å². The van der Waals surface area contributed by atoms with Gasteiger partial charge in [-0.15, -0.1) is 0 Å². The molecule has 29 heavy (non-hydrogen) atoms. The number of carbonyl (C=O) groups excluding carboxylic acids is 2. The summed E-state index contributed by atoms with van der Waals surface area (Å²) in [5.74, 6) is 0.315. The Morgan fingerprint density at radius 3 is 2.38 bits per heavy atom. The molecule has 1 N–H and O–H groups in total. The first kappa shape index (κ1) is 21.6. The second kappa shape index (κ2) is 9.16. The van der Waals surface area contributed by atoms with Crippen molar-refractivity contribution >= 4 is 12.0 Å². The van der Waals surface area contributed by atoms with E-state index in [0.717, 1.165) is 38.0 Å². The van der Waals surface area contributed by atoms with E-state index in [9.17, 15) is 9.59 Å². The highest BCUT2D eigenvalue weighted by atomic mass is 16.6. The molecule has 0 aliphatic carbocycles. The number of likely N-dealkylation sites (tertiary alicyclic amines) is 2. The van der Waals surface area contributed by atoms with E-state index in [1.807, 2.05) is 51.1 Å². The minimum atomic E-state index is -0.548. The number of hydrogen-bond acceptors (Lipinski definition) is 4. The molecule has 1 aromatic carbocycles. The molecule has 0 aromatic heterocycles. The zero-order chi connectivity index (χ0) is 21.0. The molecule has 2 fully saturated rings. The zero-order valence-corrected chi connectivity index (χ0v) is 18.2. The Kier molecular flexibility index (Phi) is 6.83. The van der Waals surface area contributed by atoms with Crippen molar-refractivity contribution < 1.29 is 14.3 Å². The molecule has 2 heterocycles. The van der Waals surface area contributed by atoms with Crippen LogP contribution in [0.1, 0.15) is 45.1 Å². The minimum Gasteiger partial charge on any atom is -0.444 e. The van der Waals surface area contributed by atoms with Crippen LogP contribution in [0.25, 0.3) is 0 Å². The molecule has 0 saturated carbocycles. The zero-order valence-electron chi connectivity index (χ0n) is 18.2. The molecule has 2 aliphatic heterocycles. The number of nitrogens with zero attached hydrogens (tertiary/aromatic N) is 2. The van der Waals surface area contributed by atoms with Crippen LogP contribution in [0.15, 0.2) is 30.3 Å². The van der Waals surface area contributed by atoms with E-state index in [-0.39, 0.29) is 23.8 Å². The SMILES string of the molecule is CN1CCC(CNC(=O)[C@H]2CN(C(=O)OC(C)(C)C)C[C@@H]2c2ccccc2)CC1. The third-order valence-corrected chi connectivity index (χ3v) is 5.94. The fourth-order valence-corrected chi connectivity index (χ4v) is 4.23. The Balaban J connectivity index is 1.66. The quantitative estimate of drug-likeness (QED) is 0.842. The number of hydrogen-bond donors (Lipinski definition) is 1. The maximum Gasteiger partial charge on any atom is 0.410 e. The summed E-state index contributed by atoms with van der Waals surface area (Å²) in [5, 5.41) is 3.18. The van der Waals surface area contributed by atoms with Crippen molar-refractivity contribution in [3.05, 3.63) is 35.9 Å². The number of carbonyl (C=O) groups is 2. The highest BCUT2D eigenvalue weighted by Crippen LogP contribution is 2.33. The van der Waals surface area contributed by atoms with Gasteiger partial charge in [0.1, 0.15) is 5.60 Å². The fraction of sp³-hybridized carbons (Fsp3) is 0.652. The van der Waals surface area contributed by atoms with Crippen molar-refractivity contribution in [2.75, 3.05) is 39.8 Å². The lowest BCUT2D eigenvalue weighted by Gasteiger charge is -2.29. The number of ether oxygens (including phenoxy) is 1. The topological polar surface area (TPSA) is 61.9 Å². The first-order valence-corrected chi connectivity index (χ1v) is 10.7. The summed E-state index contributed by atoms with van der Waals surface area (Å²) in [6.45, 7) is 9.38. The molecule has 0 unspecified atom stereocenters. The molecule has 3 rings (SSSR count). The molecule has 2 atom stereocenters. The molecule has 0 radical (unpaired) electrons. The molecule has 1 aromatic rings. The minimum absolute atomic E-state index is 0.0128. The maximum absolute atomic E-state index is 13.1. The lowest BCUT2D eigenvalue weighted by atomic mass is 9.88. The van der Waals surface area contributed by atoms with Crippen LogP contribution in [0, 0.1) is 11.8 Å². The molecule has 6 heteroatoms. The third kappa shape index (κ3) is 5.95. The summed E-state index contributed by atoms with van der Waals surface area (Å²) in [5.41, 5.74) is 0.548. The number of piperidine rings is 1. The van der Waals surface area contributed by atoms with Gasteiger partial charge in [-0.2, -0.15) is 0 Å². The molecular formula is C23H35N3O3. The van der Waals surface area contributed by atoms with E-state index in [2.05, 4.69) is 17.3 Å². The summed E-state index contributed by atoms with van der Waals surface area (Å²) in [7, 11) is 2.14. The Bertz CT molecular complexity index is 693. The Hall–Kier alpha value is -2.08. The normalized spacial score (nSPS) is 23.8. The van der Waals surface area contributed by atoms with Gasteiger partial charge in [0.15, 0.2) is 0 Å². The van der Waals surface area contributed by atoms with Crippen LogP contribution < -0.4 is 5.32 Å². The van der Waals surface area contributed by atoms with Crippen molar-refractivity contribution in [3.63, 3.8) is 0 Å². The van der Waals surface area contributed by atoms with Gasteiger partial charge in [-0.1, -0.05) is 30.3 Å². The first-order chi connectivity index (χ1) is 13.7. The van der Waals surface area contributed by atoms with Gasteiger partial charge < -0.3 is 19.9 Å². The highest BCUT2D eigenvalue weighted by molar-refractivity contribution is 5.82. The van der Waals surface area contributed by atoms with Gasteiger partial charge in [-0.05, 0) is 65.2 Å². The van der Waals surface area contributed by atoms with Crippen molar-refractivity contribution in [1.82, 2.24) is 15.1 Å². The summed E-state index contributed by atoms with van der Waals surface area (Å²) < 4.78 is 5.55. The molecule has 0 spiro atoms. The lowest BCUT2D eigenvalue weighted by molar-refractivity contribution is -0.125. The molecule has 160 valence electrons. The van der Waals surface area contributed by atoms with Crippen LogP contribution in [-0.2, 0) is 9.53 Å². The van der Waals surface area contributed by atoms with Crippen molar-refractivity contribution in [2.45, 2.75) is 45.1 Å². The third-order valence-electron chi connectivity index (χ3n) is 5.94. The van der Waals surface area contributed by atoms with Crippen LogP contribution in [0.5, 0.6) is 0 Å². The molecule has 2 amide bonds. The first-order valence-electron chi connectivity index (χ1n) is 10.7. The molecule has 6 nitrogen and oxygen atoms in total. The second-order valence-electron chi connectivity index (χ2n) is 9.50. The van der Waals surface area contributed by atoms with Gasteiger partial charge >= 0.3 is 6.09 Å². The average Bonchev–Trinajstić information content (AvgIpc) is 3.12. The van der Waals surface area contributed by atoms with Crippen molar-refractivity contribution in [3.8, 4) is 0 Å². The molecule has 2 saturated heterocycles. The predicted octanol–water partition coefficient (Wildman–Crippen LogP) is 3.10. The van der Waals surface area contributed by atoms with E-state index in [1.54, 1.807) is 4.90 Å². The number of nitrogens with one attached hydrogen (secondary N) is 1. The van der Waals surface area contributed by atoms with Crippen LogP contribution in [0.2, 0.25) is 0 Å². The average molecular weight is 402 g/mol. The van der Waals surface area contributed by atoms with Gasteiger partial charge in [0.25, 0.3) is 0 Å². The van der Waals surface area contributed by atoms with Crippen LogP contribution in [0.4, 0.5) is 4.79 Å². The highest BCUT2D eigenvalue weighted by Gasteiger charge is 2.41. The van der Waals surface area contributed by atoms with Crippen molar-refractivity contribution in [2.24, 2.45) is 11.8 Å². The summed E-state index contributed by atoms with van der Waals surface area (Å²) in [6, 6.07) is 10.0. The summed E-state index contributed by atoms with van der Waals surface area (Å²) >= 11 is 0. The molecule has 0 bridgehead atoms. The summed E-state index contributed by atoms with van der Waals surface area (Å²) in [4.78, 5) is 29.7. The van der Waals surface area contributed by atoms with E-state index in [0.29, 0.717) is 19.0 Å². The fourth-order valence-electron chi connectivity index (χ4n) is 4.23. The smallest absolute Gasteiger partial charge is 0.410 e. The van der Waals surface area contributed by atoms with Gasteiger partial charge in [0.05, 0.1) is 5.92 Å². The predicted molar refractivity (Wildman–Crippen MR) is 114 cm³/mol. The maximum atomic E-state index is 13.1. The molecular weight excluding hydrogens is 366 g/mol. The Morgan fingerprint density at radius 2 is 1.76 bits per heavy atom. The second-order valence-corrected chi connectivity index (χ2v) is 9.50. The summed E-state index contributed by atoms with van der Waals surface area (Å²) in [6.07, 6.45) is 1.89. The van der Waals surface area contributed by atoms with Gasteiger partial charge in [0, 0.05) is 25.6 Å². The largest absolute Gasteiger partial charge is 0.444 e. The molecule has 2 aliphatic rings. The number of amides is 2. The monoisotopic (exact) mass is 401 g/mol. The van der Waals surface area contributed by atoms with Crippen LogP contribution in [0.3, 0.4) is 0 Å². The lowest BCUT2D eigenvalue weighted by Crippen LogP contribution is -2.41. The van der Waals surface area contributed by atoms with E-state index < -0.39 is 5.60 Å². The van der Waals surface area contributed by atoms with Crippen LogP contribution in [-0.4, -0.2) is 67.2 Å². The van der Waals surface area contributed by atoms with E-state index in [4.69, 9.17) is 4.74 Å². The number of benzene rings is 1. The van der Waals surface area contributed by atoms with E-state index >= 15 is 0 Å². The Morgan fingerprint density at radius 1 is 1.10 bits per heavy atom. The Labute approximate surface area is 174 Å². The standard InChI is InChI=1S/C23H35N3O3/c1-23(2,3)29-22(28)26-15-19(18-8-6-5-7-9-18)20(16-26)21(27)24-14-17-10-12-25(4)13-11-17/h5-9,17,19-20H,10-16H2,1-4H3,(H,24,27)/t19-,20+/m1/s1. The van der Waals surface area contributed by atoms with E-state index in [1.165, 1.54) is 0 Å².